The van der Waals surface area contributed by atoms with Crippen molar-refractivity contribution in [2.24, 2.45) is 4.99 Å². The zero-order valence-electron chi connectivity index (χ0n) is 17.2. The van der Waals surface area contributed by atoms with Crippen LogP contribution in [0.25, 0.3) is 10.9 Å². The average molecular weight is 378 g/mol. The van der Waals surface area contributed by atoms with Gasteiger partial charge in [0.25, 0.3) is 0 Å². The molecular weight excluding hydrogens is 346 g/mol. The van der Waals surface area contributed by atoms with Crippen LogP contribution in [-0.4, -0.2) is 35.6 Å². The van der Waals surface area contributed by atoms with Crippen molar-refractivity contribution in [1.29, 1.82) is 0 Å². The van der Waals surface area contributed by atoms with Crippen molar-refractivity contribution in [1.82, 2.24) is 20.6 Å². The topological polar surface area (TPSA) is 65.1 Å². The molecule has 0 radical (unpaired) electrons. The molecule has 3 N–H and O–H groups in total. The van der Waals surface area contributed by atoms with E-state index < -0.39 is 0 Å². The molecule has 5 heteroatoms. The first-order chi connectivity index (χ1) is 13.7. The van der Waals surface area contributed by atoms with Crippen LogP contribution in [0.1, 0.15) is 36.1 Å². The quantitative estimate of drug-likeness (QED) is 0.413. The molecule has 0 saturated heterocycles. The molecule has 0 atom stereocenters. The van der Waals surface area contributed by atoms with Gasteiger partial charge in [-0.25, -0.2) is 0 Å². The number of hydrogen-bond acceptors (Lipinski definition) is 2. The predicted octanol–water partition coefficient (Wildman–Crippen LogP) is 3.77. The Balaban J connectivity index is 1.57. The standard InChI is InChI=1S/C23H31N5/c1-4-18-7-6-8-21-20(16-28-22(18)21)11-14-27-23(25-5-2)26-13-10-19-9-12-24-15-17(19)3/h6-9,12,15-16,28H,4-5,10-11,13-14H2,1-3H3,(H2,25,26,27). The number of aromatic amines is 1. The summed E-state index contributed by atoms with van der Waals surface area (Å²) in [6.07, 6.45) is 8.83. The third-order valence-corrected chi connectivity index (χ3v) is 5.09. The normalized spacial score (nSPS) is 11.8. The molecule has 5 nitrogen and oxygen atoms in total. The van der Waals surface area contributed by atoms with Crippen molar-refractivity contribution < 1.29 is 0 Å². The minimum atomic E-state index is 0.757. The van der Waals surface area contributed by atoms with Gasteiger partial charge >= 0.3 is 0 Å². The maximum absolute atomic E-state index is 4.72. The van der Waals surface area contributed by atoms with Gasteiger partial charge in [-0.05, 0) is 61.4 Å². The SMILES string of the molecule is CCNC(=NCCc1ccncc1C)NCCc1c[nH]c2c(CC)cccc12. The van der Waals surface area contributed by atoms with Gasteiger partial charge in [-0.3, -0.25) is 9.98 Å². The van der Waals surface area contributed by atoms with Crippen LogP contribution in [0, 0.1) is 6.92 Å². The van der Waals surface area contributed by atoms with Gasteiger partial charge in [0.05, 0.1) is 0 Å². The van der Waals surface area contributed by atoms with Gasteiger partial charge in [-0.2, -0.15) is 0 Å². The number of aromatic nitrogens is 2. The van der Waals surface area contributed by atoms with E-state index in [1.807, 2.05) is 12.4 Å². The number of benzene rings is 1. The second-order valence-corrected chi connectivity index (χ2v) is 7.00. The van der Waals surface area contributed by atoms with Crippen LogP contribution < -0.4 is 10.6 Å². The first kappa shape index (κ1) is 19.9. The maximum Gasteiger partial charge on any atom is 0.191 e. The van der Waals surface area contributed by atoms with Gasteiger partial charge in [0, 0.05) is 49.1 Å². The molecule has 3 aromatic rings. The molecule has 0 amide bonds. The molecule has 0 aliphatic rings. The highest BCUT2D eigenvalue weighted by atomic mass is 15.2. The van der Waals surface area contributed by atoms with Gasteiger partial charge in [0.2, 0.25) is 0 Å². The highest BCUT2D eigenvalue weighted by Gasteiger charge is 2.07. The van der Waals surface area contributed by atoms with E-state index in [4.69, 9.17) is 4.99 Å². The fourth-order valence-corrected chi connectivity index (χ4v) is 3.50. The number of H-pyrrole nitrogens is 1. The number of rotatable bonds is 8. The second kappa shape index (κ2) is 9.93. The summed E-state index contributed by atoms with van der Waals surface area (Å²) >= 11 is 0. The van der Waals surface area contributed by atoms with Crippen molar-refractivity contribution in [3.8, 4) is 0 Å². The van der Waals surface area contributed by atoms with Crippen molar-refractivity contribution in [2.75, 3.05) is 19.6 Å². The minimum absolute atomic E-state index is 0.757. The molecule has 28 heavy (non-hydrogen) atoms. The molecule has 0 bridgehead atoms. The molecule has 0 saturated carbocycles. The van der Waals surface area contributed by atoms with Crippen LogP contribution in [0.3, 0.4) is 0 Å². The highest BCUT2D eigenvalue weighted by molar-refractivity contribution is 5.86. The van der Waals surface area contributed by atoms with Crippen molar-refractivity contribution in [3.63, 3.8) is 0 Å². The van der Waals surface area contributed by atoms with E-state index in [0.717, 1.165) is 44.9 Å². The lowest BCUT2D eigenvalue weighted by atomic mass is 10.1. The van der Waals surface area contributed by atoms with Crippen LogP contribution in [0.4, 0.5) is 0 Å². The van der Waals surface area contributed by atoms with Crippen LogP contribution in [0.15, 0.2) is 47.8 Å². The zero-order valence-corrected chi connectivity index (χ0v) is 17.2. The Morgan fingerprint density at radius 3 is 2.75 bits per heavy atom. The van der Waals surface area contributed by atoms with E-state index in [2.05, 4.69) is 71.8 Å². The third kappa shape index (κ3) is 4.91. The van der Waals surface area contributed by atoms with E-state index in [1.54, 1.807) is 0 Å². The number of pyridine rings is 1. The van der Waals surface area contributed by atoms with E-state index in [9.17, 15) is 0 Å². The molecule has 1 aromatic carbocycles. The monoisotopic (exact) mass is 377 g/mol. The Morgan fingerprint density at radius 1 is 1.07 bits per heavy atom. The van der Waals surface area contributed by atoms with Gasteiger partial charge in [-0.1, -0.05) is 25.1 Å². The summed E-state index contributed by atoms with van der Waals surface area (Å²) in [5.74, 6) is 0.878. The molecule has 2 aromatic heterocycles. The number of nitrogens with one attached hydrogen (secondary N) is 3. The van der Waals surface area contributed by atoms with Gasteiger partial charge < -0.3 is 15.6 Å². The molecule has 3 rings (SSSR count). The van der Waals surface area contributed by atoms with Crippen LogP contribution in [0.5, 0.6) is 0 Å². The Kier molecular flexibility index (Phi) is 7.06. The zero-order chi connectivity index (χ0) is 19.8. The molecule has 2 heterocycles. The number of para-hydroxylation sites is 1. The Labute approximate surface area is 167 Å². The lowest BCUT2D eigenvalue weighted by Crippen LogP contribution is -2.38. The first-order valence-electron chi connectivity index (χ1n) is 10.2. The van der Waals surface area contributed by atoms with E-state index in [1.165, 1.54) is 33.2 Å². The summed E-state index contributed by atoms with van der Waals surface area (Å²) in [6.45, 7) is 8.85. The van der Waals surface area contributed by atoms with Crippen LogP contribution in [-0.2, 0) is 19.3 Å². The number of hydrogen-bond donors (Lipinski definition) is 3. The predicted molar refractivity (Wildman–Crippen MR) is 118 cm³/mol. The Bertz CT molecular complexity index is 926. The number of aliphatic imine (C=N–C) groups is 1. The fraction of sp³-hybridized carbons (Fsp3) is 0.391. The molecule has 0 aliphatic carbocycles. The third-order valence-electron chi connectivity index (χ3n) is 5.09. The van der Waals surface area contributed by atoms with E-state index >= 15 is 0 Å². The molecule has 0 fully saturated rings. The molecule has 0 aliphatic heterocycles. The van der Waals surface area contributed by atoms with Crippen LogP contribution >= 0.6 is 0 Å². The van der Waals surface area contributed by atoms with Gasteiger partial charge in [0.1, 0.15) is 0 Å². The molecule has 148 valence electrons. The summed E-state index contributed by atoms with van der Waals surface area (Å²) in [4.78, 5) is 12.3. The number of guanidine groups is 1. The average Bonchev–Trinajstić information content (AvgIpc) is 3.12. The molecule has 0 spiro atoms. The minimum Gasteiger partial charge on any atom is -0.361 e. The van der Waals surface area contributed by atoms with Crippen LogP contribution in [0.2, 0.25) is 0 Å². The smallest absolute Gasteiger partial charge is 0.191 e. The van der Waals surface area contributed by atoms with E-state index in [-0.39, 0.29) is 0 Å². The van der Waals surface area contributed by atoms with Gasteiger partial charge in [0.15, 0.2) is 5.96 Å². The van der Waals surface area contributed by atoms with Crippen molar-refractivity contribution >= 4 is 16.9 Å². The number of fused-ring (bicyclic) bond motifs is 1. The van der Waals surface area contributed by atoms with E-state index in [0.29, 0.717) is 0 Å². The summed E-state index contributed by atoms with van der Waals surface area (Å²) in [5, 5.41) is 8.13. The first-order valence-corrected chi connectivity index (χ1v) is 10.2. The number of nitrogens with zero attached hydrogens (tertiary/aromatic N) is 2. The summed E-state index contributed by atoms with van der Waals surface area (Å²) in [6, 6.07) is 8.63. The lowest BCUT2D eigenvalue weighted by Gasteiger charge is -2.11. The molecular formula is C23H31N5. The largest absolute Gasteiger partial charge is 0.361 e. The summed E-state index contributed by atoms with van der Waals surface area (Å²) < 4.78 is 0. The van der Waals surface area contributed by atoms with Crippen molar-refractivity contribution in [3.05, 3.63) is 65.1 Å². The van der Waals surface area contributed by atoms with Crippen molar-refractivity contribution in [2.45, 2.75) is 40.0 Å². The molecule has 0 unspecified atom stereocenters. The summed E-state index contributed by atoms with van der Waals surface area (Å²) in [5.41, 5.74) is 6.52. The Morgan fingerprint density at radius 2 is 1.96 bits per heavy atom. The maximum atomic E-state index is 4.72. The van der Waals surface area contributed by atoms with Gasteiger partial charge in [-0.15, -0.1) is 0 Å². The highest BCUT2D eigenvalue weighted by Crippen LogP contribution is 2.22. The lowest BCUT2D eigenvalue weighted by molar-refractivity contribution is 0.798. The Hall–Kier alpha value is -2.82. The fourth-order valence-electron chi connectivity index (χ4n) is 3.50. The summed E-state index contributed by atoms with van der Waals surface area (Å²) in [7, 11) is 0. The second-order valence-electron chi connectivity index (χ2n) is 7.00. The number of aryl methyl sites for hydroxylation is 2.